The molecule has 1 saturated heterocycles. The molecular weight excluding hydrogens is 292 g/mol. The van der Waals surface area contributed by atoms with Crippen molar-refractivity contribution < 1.29 is 14.3 Å². The number of amides is 1. The fourth-order valence-electron chi connectivity index (χ4n) is 2.48. The smallest absolute Gasteiger partial charge is 0.322 e. The number of esters is 1. The van der Waals surface area contributed by atoms with E-state index >= 15 is 0 Å². The zero-order valence-electron chi connectivity index (χ0n) is 12.1. The Morgan fingerprint density at radius 3 is 2.86 bits per heavy atom. The maximum absolute atomic E-state index is 12.5. The van der Waals surface area contributed by atoms with E-state index in [1.54, 1.807) is 11.0 Å². The van der Waals surface area contributed by atoms with Crippen LogP contribution < -0.4 is 10.2 Å². The van der Waals surface area contributed by atoms with Gasteiger partial charge in [0.25, 0.3) is 0 Å². The summed E-state index contributed by atoms with van der Waals surface area (Å²) < 4.78 is 4.73. The summed E-state index contributed by atoms with van der Waals surface area (Å²) >= 11 is 6.13. The summed E-state index contributed by atoms with van der Waals surface area (Å²) in [5.74, 6) is -0.410. The monoisotopic (exact) mass is 310 g/mol. The lowest BCUT2D eigenvalue weighted by Crippen LogP contribution is -2.47. The summed E-state index contributed by atoms with van der Waals surface area (Å²) in [6, 6.07) is 6.40. The van der Waals surface area contributed by atoms with Gasteiger partial charge in [-0.3, -0.25) is 14.9 Å². The third-order valence-electron chi connectivity index (χ3n) is 3.65. The molecule has 21 heavy (non-hydrogen) atoms. The Kier molecular flexibility index (Phi) is 5.20. The van der Waals surface area contributed by atoms with Crippen LogP contribution in [0.3, 0.4) is 0 Å². The molecule has 0 saturated carbocycles. The average molecular weight is 311 g/mol. The highest BCUT2D eigenvalue weighted by molar-refractivity contribution is 6.33. The second kappa shape index (κ2) is 6.91. The summed E-state index contributed by atoms with van der Waals surface area (Å²) in [4.78, 5) is 25.7. The van der Waals surface area contributed by atoms with Crippen molar-refractivity contribution in [2.24, 2.45) is 0 Å². The molecule has 1 aromatic carbocycles. The number of carbonyl (C=O) groups excluding carboxylic acids is 2. The highest BCUT2D eigenvalue weighted by Crippen LogP contribution is 2.29. The van der Waals surface area contributed by atoms with Crippen LogP contribution in [0, 0.1) is 0 Å². The molecule has 1 heterocycles. The van der Waals surface area contributed by atoms with Crippen molar-refractivity contribution in [1.82, 2.24) is 5.32 Å². The first-order valence-corrected chi connectivity index (χ1v) is 7.36. The second-order valence-electron chi connectivity index (χ2n) is 4.93. The molecule has 0 aromatic heterocycles. The van der Waals surface area contributed by atoms with Crippen molar-refractivity contribution in [2.45, 2.75) is 31.8 Å². The number of halogens is 1. The van der Waals surface area contributed by atoms with Gasteiger partial charge in [0.05, 0.1) is 23.9 Å². The van der Waals surface area contributed by atoms with Crippen LogP contribution in [0.2, 0.25) is 5.02 Å². The van der Waals surface area contributed by atoms with Crippen molar-refractivity contribution in [1.29, 1.82) is 0 Å². The zero-order valence-corrected chi connectivity index (χ0v) is 12.9. The van der Waals surface area contributed by atoms with E-state index in [0.717, 1.165) is 0 Å². The Balaban J connectivity index is 2.08. The lowest BCUT2D eigenvalue weighted by molar-refractivity contribution is -0.143. The first-order chi connectivity index (χ1) is 10.1. The molecule has 0 unspecified atom stereocenters. The van der Waals surface area contributed by atoms with Crippen LogP contribution in [0.5, 0.6) is 0 Å². The number of anilines is 1. The first-order valence-electron chi connectivity index (χ1n) is 6.98. The fourth-order valence-corrected chi connectivity index (χ4v) is 2.72. The molecule has 1 aromatic rings. The molecule has 1 aliphatic rings. The number of hydrogen-bond donors (Lipinski definition) is 1. The van der Waals surface area contributed by atoms with Gasteiger partial charge in [0.1, 0.15) is 6.04 Å². The normalized spacial score (nSPS) is 19.7. The number of rotatable bonds is 5. The molecule has 114 valence electrons. The molecule has 0 aliphatic carbocycles. The Labute approximate surface area is 129 Å². The van der Waals surface area contributed by atoms with Gasteiger partial charge in [-0.1, -0.05) is 30.7 Å². The molecule has 0 radical (unpaired) electrons. The SMILES string of the molecule is CC[C@H](N[C@@H]1CCN(c2ccccc2Cl)C1=O)C(=O)OC. The second-order valence-corrected chi connectivity index (χ2v) is 5.34. The van der Waals surface area contributed by atoms with Gasteiger partial charge in [-0.15, -0.1) is 0 Å². The summed E-state index contributed by atoms with van der Waals surface area (Å²) in [7, 11) is 1.35. The minimum Gasteiger partial charge on any atom is -0.468 e. The van der Waals surface area contributed by atoms with E-state index < -0.39 is 6.04 Å². The largest absolute Gasteiger partial charge is 0.468 e. The van der Waals surface area contributed by atoms with Gasteiger partial charge >= 0.3 is 5.97 Å². The number of hydrogen-bond acceptors (Lipinski definition) is 4. The van der Waals surface area contributed by atoms with E-state index in [1.165, 1.54) is 7.11 Å². The summed E-state index contributed by atoms with van der Waals surface area (Å²) in [6.45, 7) is 2.46. The van der Waals surface area contributed by atoms with Crippen molar-refractivity contribution >= 4 is 29.2 Å². The first kappa shape index (κ1) is 15.8. The van der Waals surface area contributed by atoms with Gasteiger partial charge in [-0.2, -0.15) is 0 Å². The lowest BCUT2D eigenvalue weighted by Gasteiger charge is -2.21. The highest BCUT2D eigenvalue weighted by Gasteiger charge is 2.35. The van der Waals surface area contributed by atoms with Gasteiger partial charge in [-0.05, 0) is 25.0 Å². The van der Waals surface area contributed by atoms with Crippen LogP contribution in [0.25, 0.3) is 0 Å². The molecule has 2 rings (SSSR count). The van der Waals surface area contributed by atoms with Gasteiger partial charge in [0, 0.05) is 6.54 Å². The predicted octanol–water partition coefficient (Wildman–Crippen LogP) is 1.99. The summed E-state index contributed by atoms with van der Waals surface area (Å²) in [5.41, 5.74) is 0.708. The minimum absolute atomic E-state index is 0.0644. The molecule has 1 fully saturated rings. The maximum Gasteiger partial charge on any atom is 0.322 e. The minimum atomic E-state index is -0.463. The number of nitrogens with zero attached hydrogens (tertiary/aromatic N) is 1. The summed E-state index contributed by atoms with van der Waals surface area (Å²) in [5, 5.41) is 3.62. The summed E-state index contributed by atoms with van der Waals surface area (Å²) in [6.07, 6.45) is 1.21. The third-order valence-corrected chi connectivity index (χ3v) is 3.96. The van der Waals surface area contributed by atoms with Crippen LogP contribution in [-0.2, 0) is 14.3 Å². The predicted molar refractivity (Wildman–Crippen MR) is 81.4 cm³/mol. The molecule has 1 amide bonds. The van der Waals surface area contributed by atoms with Gasteiger partial charge in [-0.25, -0.2) is 0 Å². The molecule has 0 spiro atoms. The van der Waals surface area contributed by atoms with Crippen LogP contribution in [0.15, 0.2) is 24.3 Å². The quantitative estimate of drug-likeness (QED) is 0.845. The van der Waals surface area contributed by atoms with E-state index in [0.29, 0.717) is 30.1 Å². The van der Waals surface area contributed by atoms with E-state index in [4.69, 9.17) is 16.3 Å². The fraction of sp³-hybridized carbons (Fsp3) is 0.467. The number of carbonyl (C=O) groups is 2. The zero-order chi connectivity index (χ0) is 15.4. The van der Waals surface area contributed by atoms with E-state index in [1.807, 2.05) is 25.1 Å². The van der Waals surface area contributed by atoms with E-state index in [9.17, 15) is 9.59 Å². The number of nitrogens with one attached hydrogen (secondary N) is 1. The number of ether oxygens (including phenoxy) is 1. The maximum atomic E-state index is 12.5. The third kappa shape index (κ3) is 3.36. The van der Waals surface area contributed by atoms with Crippen LogP contribution >= 0.6 is 11.6 Å². The molecule has 5 nitrogen and oxygen atoms in total. The Morgan fingerprint density at radius 2 is 2.24 bits per heavy atom. The van der Waals surface area contributed by atoms with Gasteiger partial charge in [0.15, 0.2) is 0 Å². The molecule has 1 aliphatic heterocycles. The lowest BCUT2D eigenvalue weighted by atomic mass is 10.1. The molecule has 2 atom stereocenters. The van der Waals surface area contributed by atoms with Gasteiger partial charge < -0.3 is 9.64 Å². The molecule has 6 heteroatoms. The Bertz CT molecular complexity index is 535. The number of para-hydroxylation sites is 1. The van der Waals surface area contributed by atoms with Crippen molar-refractivity contribution in [3.05, 3.63) is 29.3 Å². The Morgan fingerprint density at radius 1 is 1.52 bits per heavy atom. The van der Waals surface area contributed by atoms with E-state index in [2.05, 4.69) is 5.32 Å². The van der Waals surface area contributed by atoms with Crippen LogP contribution in [-0.4, -0.2) is 37.6 Å². The topological polar surface area (TPSA) is 58.6 Å². The highest BCUT2D eigenvalue weighted by atomic mass is 35.5. The number of benzene rings is 1. The molecular formula is C15H19ClN2O3. The van der Waals surface area contributed by atoms with Crippen molar-refractivity contribution in [2.75, 3.05) is 18.6 Å². The van der Waals surface area contributed by atoms with E-state index in [-0.39, 0.29) is 17.9 Å². The standard InChI is InChI=1S/C15H19ClN2O3/c1-3-11(15(20)21-2)17-12-8-9-18(14(12)19)13-7-5-4-6-10(13)16/h4-7,11-12,17H,3,8-9H2,1-2H3/t11-,12+/m0/s1. The average Bonchev–Trinajstić information content (AvgIpc) is 2.85. The Hall–Kier alpha value is -1.59. The molecule has 0 bridgehead atoms. The van der Waals surface area contributed by atoms with Gasteiger partial charge in [0.2, 0.25) is 5.91 Å². The van der Waals surface area contributed by atoms with Crippen LogP contribution in [0.1, 0.15) is 19.8 Å². The molecule has 1 N–H and O–H groups in total. The number of methoxy groups -OCH3 is 1. The van der Waals surface area contributed by atoms with Crippen molar-refractivity contribution in [3.8, 4) is 0 Å². The van der Waals surface area contributed by atoms with Crippen molar-refractivity contribution in [3.63, 3.8) is 0 Å². The van der Waals surface area contributed by atoms with Crippen LogP contribution in [0.4, 0.5) is 5.69 Å².